The van der Waals surface area contributed by atoms with Gasteiger partial charge in [-0.15, -0.1) is 6.58 Å². The summed E-state index contributed by atoms with van der Waals surface area (Å²) in [6.45, 7) is 12.3. The fourth-order valence-electron chi connectivity index (χ4n) is 2.38. The maximum atomic E-state index is 5.58. The molecule has 0 heterocycles. The lowest BCUT2D eigenvalue weighted by Gasteiger charge is -2.20. The molecular formula is C16H24O2. The van der Waals surface area contributed by atoms with Gasteiger partial charge in [0.05, 0.1) is 14.2 Å². The van der Waals surface area contributed by atoms with Crippen molar-refractivity contribution in [1.82, 2.24) is 0 Å². The van der Waals surface area contributed by atoms with Crippen LogP contribution >= 0.6 is 0 Å². The van der Waals surface area contributed by atoms with Gasteiger partial charge in [0, 0.05) is 5.56 Å². The van der Waals surface area contributed by atoms with E-state index in [1.54, 1.807) is 14.2 Å². The molecule has 0 aromatic heterocycles. The van der Waals surface area contributed by atoms with Crippen LogP contribution in [0, 0.1) is 20.8 Å². The summed E-state index contributed by atoms with van der Waals surface area (Å²) in [6.07, 6.45) is 1.92. The van der Waals surface area contributed by atoms with Gasteiger partial charge >= 0.3 is 0 Å². The van der Waals surface area contributed by atoms with E-state index in [4.69, 9.17) is 9.47 Å². The van der Waals surface area contributed by atoms with E-state index in [1.807, 2.05) is 0 Å². The van der Waals surface area contributed by atoms with Crippen molar-refractivity contribution in [1.29, 1.82) is 0 Å². The summed E-state index contributed by atoms with van der Waals surface area (Å²) in [6, 6.07) is 0. The van der Waals surface area contributed by atoms with E-state index in [-0.39, 0.29) is 0 Å². The minimum absolute atomic E-state index is 0.946. The Hall–Kier alpha value is -1.44. The number of hydrogen-bond acceptors (Lipinski definition) is 2. The van der Waals surface area contributed by atoms with Crippen LogP contribution in [0.5, 0.6) is 11.5 Å². The fraction of sp³-hybridized carbons (Fsp3) is 0.500. The predicted molar refractivity (Wildman–Crippen MR) is 76.9 cm³/mol. The molecule has 0 aliphatic rings. The van der Waals surface area contributed by atoms with Gasteiger partial charge in [0.15, 0.2) is 0 Å². The van der Waals surface area contributed by atoms with Gasteiger partial charge in [-0.1, -0.05) is 5.57 Å². The Kier molecular flexibility index (Phi) is 4.83. The van der Waals surface area contributed by atoms with Crippen molar-refractivity contribution < 1.29 is 9.47 Å². The molecule has 0 radical (unpaired) electrons. The zero-order valence-electron chi connectivity index (χ0n) is 12.4. The fourth-order valence-corrected chi connectivity index (χ4v) is 2.38. The maximum absolute atomic E-state index is 5.58. The van der Waals surface area contributed by atoms with Crippen LogP contribution in [0.1, 0.15) is 35.6 Å². The lowest BCUT2D eigenvalue weighted by atomic mass is 9.93. The maximum Gasteiger partial charge on any atom is 0.125 e. The molecule has 1 aromatic carbocycles. The second-order valence-corrected chi connectivity index (χ2v) is 4.88. The Balaban J connectivity index is 3.37. The van der Waals surface area contributed by atoms with Crippen molar-refractivity contribution >= 4 is 0 Å². The van der Waals surface area contributed by atoms with Crippen LogP contribution in [0.2, 0.25) is 0 Å². The molecule has 0 N–H and O–H groups in total. The molecule has 100 valence electrons. The molecule has 0 atom stereocenters. The van der Waals surface area contributed by atoms with E-state index in [2.05, 4.69) is 34.3 Å². The summed E-state index contributed by atoms with van der Waals surface area (Å²) >= 11 is 0. The van der Waals surface area contributed by atoms with Crippen molar-refractivity contribution in [2.75, 3.05) is 14.2 Å². The minimum atomic E-state index is 0.946. The number of benzene rings is 1. The number of methoxy groups -OCH3 is 2. The Morgan fingerprint density at radius 1 is 0.944 bits per heavy atom. The lowest BCUT2D eigenvalue weighted by molar-refractivity contribution is 0.390. The smallest absolute Gasteiger partial charge is 0.125 e. The lowest BCUT2D eigenvalue weighted by Crippen LogP contribution is -2.04. The molecule has 18 heavy (non-hydrogen) atoms. The van der Waals surface area contributed by atoms with Crippen LogP contribution < -0.4 is 9.47 Å². The molecule has 0 unspecified atom stereocenters. The quantitative estimate of drug-likeness (QED) is 0.729. The van der Waals surface area contributed by atoms with E-state index in [9.17, 15) is 0 Å². The summed E-state index contributed by atoms with van der Waals surface area (Å²) in [5.41, 5.74) is 5.93. The largest absolute Gasteiger partial charge is 0.496 e. The molecule has 1 rings (SSSR count). The van der Waals surface area contributed by atoms with Crippen LogP contribution in [0.3, 0.4) is 0 Å². The van der Waals surface area contributed by atoms with Crippen molar-refractivity contribution in [2.24, 2.45) is 0 Å². The van der Waals surface area contributed by atoms with Crippen molar-refractivity contribution in [3.63, 3.8) is 0 Å². The third-order valence-electron chi connectivity index (χ3n) is 3.52. The third-order valence-corrected chi connectivity index (χ3v) is 3.52. The van der Waals surface area contributed by atoms with E-state index >= 15 is 0 Å². The van der Waals surface area contributed by atoms with Gasteiger partial charge in [-0.3, -0.25) is 0 Å². The van der Waals surface area contributed by atoms with Crippen LogP contribution in [-0.2, 0) is 6.42 Å². The zero-order valence-corrected chi connectivity index (χ0v) is 12.4. The van der Waals surface area contributed by atoms with Gasteiger partial charge in [0.1, 0.15) is 11.5 Å². The minimum Gasteiger partial charge on any atom is -0.496 e. The Bertz CT molecular complexity index is 459. The zero-order chi connectivity index (χ0) is 13.9. The summed E-state index contributed by atoms with van der Waals surface area (Å²) in [5.74, 6) is 1.97. The highest BCUT2D eigenvalue weighted by atomic mass is 16.5. The predicted octanol–water partition coefficient (Wildman–Crippen LogP) is 4.14. The van der Waals surface area contributed by atoms with E-state index in [0.29, 0.717) is 0 Å². The second-order valence-electron chi connectivity index (χ2n) is 4.88. The topological polar surface area (TPSA) is 18.5 Å². The normalized spacial score (nSPS) is 10.3. The van der Waals surface area contributed by atoms with Gasteiger partial charge in [-0.2, -0.15) is 0 Å². The first-order valence-electron chi connectivity index (χ1n) is 6.29. The van der Waals surface area contributed by atoms with Gasteiger partial charge in [-0.25, -0.2) is 0 Å². The first-order chi connectivity index (χ1) is 8.43. The van der Waals surface area contributed by atoms with Crippen molar-refractivity contribution in [3.05, 3.63) is 34.4 Å². The summed E-state index contributed by atoms with van der Waals surface area (Å²) in [5, 5.41) is 0. The van der Waals surface area contributed by atoms with Gasteiger partial charge in [0.2, 0.25) is 0 Å². The van der Waals surface area contributed by atoms with Crippen molar-refractivity contribution in [2.45, 2.75) is 40.5 Å². The Morgan fingerprint density at radius 2 is 1.44 bits per heavy atom. The number of ether oxygens (including phenoxy) is 2. The highest BCUT2D eigenvalue weighted by molar-refractivity contribution is 5.58. The summed E-state index contributed by atoms with van der Waals surface area (Å²) < 4.78 is 11.1. The van der Waals surface area contributed by atoms with Crippen LogP contribution in [0.25, 0.3) is 0 Å². The SMILES string of the molecule is C=C(C)CCc1c(C)c(OC)c(C)c(C)c1OC. The molecule has 2 nitrogen and oxygen atoms in total. The van der Waals surface area contributed by atoms with Crippen molar-refractivity contribution in [3.8, 4) is 11.5 Å². The third kappa shape index (κ3) is 2.69. The summed E-state index contributed by atoms with van der Waals surface area (Å²) in [7, 11) is 3.46. The molecule has 1 aromatic rings. The molecule has 0 spiro atoms. The molecule has 0 aliphatic carbocycles. The van der Waals surface area contributed by atoms with Crippen LogP contribution in [0.15, 0.2) is 12.2 Å². The van der Waals surface area contributed by atoms with Gasteiger partial charge in [0.25, 0.3) is 0 Å². The first-order valence-corrected chi connectivity index (χ1v) is 6.29. The standard InChI is InChI=1S/C16H24O2/c1-10(2)8-9-14-13(5)15(17-6)11(3)12(4)16(14)18-7/h1,8-9H2,2-7H3. The number of allylic oxidation sites excluding steroid dienone is 1. The average Bonchev–Trinajstić information content (AvgIpc) is 2.32. The molecule has 0 saturated carbocycles. The highest BCUT2D eigenvalue weighted by Crippen LogP contribution is 2.38. The van der Waals surface area contributed by atoms with Gasteiger partial charge in [-0.05, 0) is 57.2 Å². The van der Waals surface area contributed by atoms with E-state index in [1.165, 1.54) is 16.7 Å². The van der Waals surface area contributed by atoms with Crippen LogP contribution in [0.4, 0.5) is 0 Å². The first kappa shape index (κ1) is 14.6. The highest BCUT2D eigenvalue weighted by Gasteiger charge is 2.18. The Morgan fingerprint density at radius 3 is 1.89 bits per heavy atom. The van der Waals surface area contributed by atoms with E-state index in [0.717, 1.165) is 35.5 Å². The molecule has 0 amide bonds. The van der Waals surface area contributed by atoms with Crippen LogP contribution in [-0.4, -0.2) is 14.2 Å². The molecule has 2 heteroatoms. The number of rotatable bonds is 5. The molecular weight excluding hydrogens is 224 g/mol. The molecule has 0 fully saturated rings. The molecule has 0 bridgehead atoms. The summed E-state index contributed by atoms with van der Waals surface area (Å²) in [4.78, 5) is 0. The Labute approximate surface area is 111 Å². The van der Waals surface area contributed by atoms with Gasteiger partial charge < -0.3 is 9.47 Å². The molecule has 0 saturated heterocycles. The van der Waals surface area contributed by atoms with E-state index < -0.39 is 0 Å². The average molecular weight is 248 g/mol. The number of hydrogen-bond donors (Lipinski definition) is 0. The second kappa shape index (κ2) is 5.94. The monoisotopic (exact) mass is 248 g/mol. The molecule has 0 aliphatic heterocycles.